The van der Waals surface area contributed by atoms with Crippen LogP contribution in [0.15, 0.2) is 72.1 Å². The maximum Gasteiger partial charge on any atom is 0.251 e. The first-order chi connectivity index (χ1) is 17.2. The molecule has 8 heteroatoms. The molecule has 0 saturated heterocycles. The van der Waals surface area contributed by atoms with Gasteiger partial charge in [0.15, 0.2) is 5.16 Å². The number of thioether (sulfide) groups is 1. The van der Waals surface area contributed by atoms with Crippen molar-refractivity contribution in [3.8, 4) is 5.75 Å². The van der Waals surface area contributed by atoms with Crippen molar-refractivity contribution in [3.05, 3.63) is 83.7 Å². The van der Waals surface area contributed by atoms with E-state index in [9.17, 15) is 4.79 Å². The Bertz CT molecular complexity index is 1240. The van der Waals surface area contributed by atoms with E-state index in [4.69, 9.17) is 14.5 Å². The van der Waals surface area contributed by atoms with Gasteiger partial charge in [-0.25, -0.2) is 4.98 Å². The van der Waals surface area contributed by atoms with Crippen LogP contribution in [0.1, 0.15) is 34.8 Å². The average Bonchev–Trinajstić information content (AvgIpc) is 3.25. The monoisotopic (exact) mass is 490 g/mol. The van der Waals surface area contributed by atoms with E-state index < -0.39 is 0 Å². The van der Waals surface area contributed by atoms with Crippen molar-refractivity contribution < 1.29 is 14.3 Å². The van der Waals surface area contributed by atoms with Crippen LogP contribution in [0.4, 0.5) is 0 Å². The molecule has 182 valence electrons. The highest BCUT2D eigenvalue weighted by Gasteiger charge is 2.13. The van der Waals surface area contributed by atoms with Crippen LogP contribution in [0.2, 0.25) is 0 Å². The summed E-state index contributed by atoms with van der Waals surface area (Å²) >= 11 is 1.69. The van der Waals surface area contributed by atoms with E-state index in [1.54, 1.807) is 25.1 Å². The lowest BCUT2D eigenvalue weighted by atomic mass is 10.1. The number of rotatable bonds is 12. The van der Waals surface area contributed by atoms with Gasteiger partial charge in [-0.15, -0.1) is 0 Å². The number of methoxy groups -OCH3 is 1. The second-order valence-electron chi connectivity index (χ2n) is 7.98. The summed E-state index contributed by atoms with van der Waals surface area (Å²) in [6.45, 7) is 4.56. The van der Waals surface area contributed by atoms with Crippen LogP contribution in [0.5, 0.6) is 5.75 Å². The maximum atomic E-state index is 12.4. The van der Waals surface area contributed by atoms with Crippen molar-refractivity contribution in [2.45, 2.75) is 30.8 Å². The predicted molar refractivity (Wildman–Crippen MR) is 139 cm³/mol. The molecule has 1 amide bonds. The second-order valence-corrected chi connectivity index (χ2v) is 8.93. The first kappa shape index (κ1) is 24.8. The minimum Gasteiger partial charge on any atom is -0.497 e. The van der Waals surface area contributed by atoms with Gasteiger partial charge in [-0.3, -0.25) is 9.78 Å². The van der Waals surface area contributed by atoms with Crippen LogP contribution < -0.4 is 10.1 Å². The molecule has 0 radical (unpaired) electrons. The van der Waals surface area contributed by atoms with Gasteiger partial charge < -0.3 is 19.4 Å². The summed E-state index contributed by atoms with van der Waals surface area (Å²) in [7, 11) is 1.67. The highest BCUT2D eigenvalue weighted by molar-refractivity contribution is 7.98. The summed E-state index contributed by atoms with van der Waals surface area (Å²) in [6.07, 6.45) is 4.42. The molecule has 4 aromatic rings. The van der Waals surface area contributed by atoms with Crippen molar-refractivity contribution >= 4 is 28.7 Å². The molecule has 35 heavy (non-hydrogen) atoms. The number of nitrogens with one attached hydrogen (secondary N) is 1. The van der Waals surface area contributed by atoms with Crippen LogP contribution >= 0.6 is 11.8 Å². The number of benzene rings is 2. The molecule has 2 heterocycles. The topological polar surface area (TPSA) is 78.3 Å². The maximum absolute atomic E-state index is 12.4. The smallest absolute Gasteiger partial charge is 0.251 e. The fourth-order valence-corrected chi connectivity index (χ4v) is 4.62. The standard InChI is InChI=1S/C27H30N4O3S/c1-3-34-16-4-14-29-26(32)22-9-5-20(6-10-22)18-31-25-17-28-15-13-24(25)30-27(31)35-19-21-7-11-23(33-2)12-8-21/h5-13,15,17H,3-4,14,16,18-19H2,1-2H3,(H,29,32). The average molecular weight is 491 g/mol. The highest BCUT2D eigenvalue weighted by Crippen LogP contribution is 2.28. The number of hydrogen-bond donors (Lipinski definition) is 1. The van der Waals surface area contributed by atoms with Gasteiger partial charge in [-0.2, -0.15) is 0 Å². The Labute approximate surface area is 209 Å². The molecule has 1 N–H and O–H groups in total. The van der Waals surface area contributed by atoms with Crippen LogP contribution in [0.25, 0.3) is 11.0 Å². The van der Waals surface area contributed by atoms with E-state index in [-0.39, 0.29) is 5.91 Å². The number of carbonyl (C=O) groups excluding carboxylic acids is 1. The quantitative estimate of drug-likeness (QED) is 0.224. The fourth-order valence-electron chi connectivity index (χ4n) is 3.65. The van der Waals surface area contributed by atoms with E-state index in [1.165, 1.54) is 5.56 Å². The third-order valence-corrected chi connectivity index (χ3v) is 6.60. The van der Waals surface area contributed by atoms with E-state index in [0.29, 0.717) is 31.9 Å². The number of amides is 1. The SMILES string of the molecule is CCOCCCNC(=O)c1ccc(Cn2c(SCc3ccc(OC)cc3)nc3ccncc32)cc1. The molecule has 0 spiro atoms. The van der Waals surface area contributed by atoms with Crippen molar-refractivity contribution in [2.24, 2.45) is 0 Å². The third kappa shape index (κ3) is 6.61. The summed E-state index contributed by atoms with van der Waals surface area (Å²) < 4.78 is 12.7. The minimum atomic E-state index is -0.0685. The predicted octanol–water partition coefficient (Wildman–Crippen LogP) is 4.94. The Morgan fingerprint density at radius 1 is 1.06 bits per heavy atom. The molecule has 0 saturated carbocycles. The minimum absolute atomic E-state index is 0.0685. The molecule has 0 bridgehead atoms. The van der Waals surface area contributed by atoms with Gasteiger partial charge in [0, 0.05) is 37.3 Å². The summed E-state index contributed by atoms with van der Waals surface area (Å²) in [4.78, 5) is 21.6. The number of ether oxygens (including phenoxy) is 2. The molecule has 4 rings (SSSR count). The Morgan fingerprint density at radius 3 is 2.57 bits per heavy atom. The molecule has 0 atom stereocenters. The summed E-state index contributed by atoms with van der Waals surface area (Å²) in [5.74, 6) is 1.57. The number of hydrogen-bond acceptors (Lipinski definition) is 6. The van der Waals surface area contributed by atoms with E-state index in [2.05, 4.69) is 27.0 Å². The van der Waals surface area contributed by atoms with Gasteiger partial charge in [-0.1, -0.05) is 36.0 Å². The van der Waals surface area contributed by atoms with Crippen LogP contribution in [-0.4, -0.2) is 47.3 Å². The number of pyridine rings is 1. The van der Waals surface area contributed by atoms with Crippen LogP contribution in [0.3, 0.4) is 0 Å². The molecule has 2 aromatic carbocycles. The molecule has 0 unspecified atom stereocenters. The molecule has 2 aromatic heterocycles. The van der Waals surface area contributed by atoms with E-state index in [0.717, 1.165) is 39.7 Å². The van der Waals surface area contributed by atoms with Crippen molar-refractivity contribution in [1.82, 2.24) is 19.9 Å². The van der Waals surface area contributed by atoms with Gasteiger partial charge in [-0.05, 0) is 54.8 Å². The van der Waals surface area contributed by atoms with Crippen LogP contribution in [-0.2, 0) is 17.0 Å². The highest BCUT2D eigenvalue weighted by atomic mass is 32.2. The molecule has 0 fully saturated rings. The number of imidazole rings is 1. The Kier molecular flexibility index (Phi) is 8.75. The zero-order valence-electron chi connectivity index (χ0n) is 20.1. The van der Waals surface area contributed by atoms with Crippen LogP contribution in [0, 0.1) is 0 Å². The normalized spacial score (nSPS) is 11.0. The van der Waals surface area contributed by atoms with Crippen molar-refractivity contribution in [3.63, 3.8) is 0 Å². The molecule has 0 aliphatic carbocycles. The molecular weight excluding hydrogens is 460 g/mol. The number of carbonyl (C=O) groups is 1. The number of nitrogens with zero attached hydrogens (tertiary/aromatic N) is 3. The summed E-state index contributed by atoms with van der Waals surface area (Å²) in [5.41, 5.74) is 4.84. The molecule has 0 aliphatic heterocycles. The molecular formula is C27H30N4O3S. The summed E-state index contributed by atoms with van der Waals surface area (Å²) in [6, 6.07) is 17.7. The lowest BCUT2D eigenvalue weighted by molar-refractivity contribution is 0.0944. The van der Waals surface area contributed by atoms with Gasteiger partial charge in [0.05, 0.1) is 30.9 Å². The molecule has 0 aliphatic rings. The number of aromatic nitrogens is 3. The van der Waals surface area contributed by atoms with Gasteiger partial charge in [0.25, 0.3) is 5.91 Å². The van der Waals surface area contributed by atoms with Gasteiger partial charge in [0.1, 0.15) is 5.75 Å². The van der Waals surface area contributed by atoms with Gasteiger partial charge >= 0.3 is 0 Å². The van der Waals surface area contributed by atoms with E-state index in [1.807, 2.05) is 55.6 Å². The lowest BCUT2D eigenvalue weighted by Gasteiger charge is -2.10. The largest absolute Gasteiger partial charge is 0.497 e. The second kappa shape index (κ2) is 12.4. The zero-order valence-corrected chi connectivity index (χ0v) is 20.9. The zero-order chi connectivity index (χ0) is 24.5. The van der Waals surface area contributed by atoms with E-state index >= 15 is 0 Å². The van der Waals surface area contributed by atoms with Gasteiger partial charge in [0.2, 0.25) is 0 Å². The van der Waals surface area contributed by atoms with Crippen molar-refractivity contribution in [2.75, 3.05) is 26.9 Å². The lowest BCUT2D eigenvalue weighted by Crippen LogP contribution is -2.25. The Hall–Kier alpha value is -3.36. The Balaban J connectivity index is 1.44. The summed E-state index contributed by atoms with van der Waals surface area (Å²) in [5, 5.41) is 3.87. The first-order valence-electron chi connectivity index (χ1n) is 11.7. The fraction of sp³-hybridized carbons (Fsp3) is 0.296. The van der Waals surface area contributed by atoms with Crippen molar-refractivity contribution in [1.29, 1.82) is 0 Å². The third-order valence-electron chi connectivity index (χ3n) is 5.55. The molecule has 7 nitrogen and oxygen atoms in total. The number of fused-ring (bicyclic) bond motifs is 1. The Morgan fingerprint density at radius 2 is 1.83 bits per heavy atom. The first-order valence-corrected chi connectivity index (χ1v) is 12.7.